The minimum atomic E-state index is -0.202. The van der Waals surface area contributed by atoms with Crippen molar-refractivity contribution in [2.75, 3.05) is 6.61 Å². The summed E-state index contributed by atoms with van der Waals surface area (Å²) in [6.07, 6.45) is 3.01. The molecule has 0 radical (unpaired) electrons. The average Bonchev–Trinajstić information content (AvgIpc) is 2.47. The van der Waals surface area contributed by atoms with Crippen LogP contribution in [0.25, 0.3) is 0 Å². The van der Waals surface area contributed by atoms with Gasteiger partial charge in [-0.15, -0.1) is 0 Å². The molecular formula is C18H27NO3. The fourth-order valence-corrected chi connectivity index (χ4v) is 3.02. The van der Waals surface area contributed by atoms with Crippen molar-refractivity contribution in [2.45, 2.75) is 64.5 Å². The molecule has 1 aliphatic rings. The van der Waals surface area contributed by atoms with Crippen LogP contribution in [0, 0.1) is 6.92 Å². The first-order valence-corrected chi connectivity index (χ1v) is 8.16. The van der Waals surface area contributed by atoms with Crippen LogP contribution in [0.1, 0.15) is 56.6 Å². The highest BCUT2D eigenvalue weighted by molar-refractivity contribution is 5.77. The second kappa shape index (κ2) is 7.63. The van der Waals surface area contributed by atoms with E-state index in [0.717, 1.165) is 31.4 Å². The summed E-state index contributed by atoms with van der Waals surface area (Å²) >= 11 is 0. The van der Waals surface area contributed by atoms with E-state index in [1.807, 2.05) is 12.1 Å². The van der Waals surface area contributed by atoms with Crippen LogP contribution in [0.15, 0.2) is 18.2 Å². The number of carbonyl (C=O) groups is 1. The predicted octanol–water partition coefficient (Wildman–Crippen LogP) is 2.92. The van der Waals surface area contributed by atoms with Gasteiger partial charge in [0.05, 0.1) is 6.10 Å². The highest BCUT2D eigenvalue weighted by Crippen LogP contribution is 2.23. The van der Waals surface area contributed by atoms with Gasteiger partial charge in [-0.25, -0.2) is 0 Å². The molecule has 0 spiro atoms. The molecule has 4 heteroatoms. The molecule has 4 nitrogen and oxygen atoms in total. The lowest BCUT2D eigenvalue weighted by atomic mass is 9.93. The van der Waals surface area contributed by atoms with Crippen LogP contribution < -0.4 is 10.1 Å². The van der Waals surface area contributed by atoms with E-state index in [0.29, 0.717) is 5.92 Å². The number of aryl methyl sites for hydroxylation is 1. The van der Waals surface area contributed by atoms with E-state index in [1.165, 1.54) is 11.1 Å². The summed E-state index contributed by atoms with van der Waals surface area (Å²) < 4.78 is 5.58. The first-order valence-electron chi connectivity index (χ1n) is 8.16. The van der Waals surface area contributed by atoms with Crippen LogP contribution in [0.5, 0.6) is 5.75 Å². The van der Waals surface area contributed by atoms with E-state index in [1.54, 1.807) is 0 Å². The maximum absolute atomic E-state index is 11.9. The second-order valence-electron chi connectivity index (χ2n) is 6.53. The molecule has 1 fully saturated rings. The van der Waals surface area contributed by atoms with Crippen molar-refractivity contribution in [3.05, 3.63) is 29.3 Å². The number of rotatable bonds is 5. The van der Waals surface area contributed by atoms with Crippen LogP contribution >= 0.6 is 0 Å². The Bertz CT molecular complexity index is 505. The molecule has 0 unspecified atom stereocenters. The Morgan fingerprint density at radius 1 is 1.32 bits per heavy atom. The molecule has 22 heavy (non-hydrogen) atoms. The van der Waals surface area contributed by atoms with Crippen LogP contribution in [0.2, 0.25) is 0 Å². The Balaban J connectivity index is 1.80. The van der Waals surface area contributed by atoms with Crippen molar-refractivity contribution < 1.29 is 14.6 Å². The van der Waals surface area contributed by atoms with Gasteiger partial charge >= 0.3 is 0 Å². The van der Waals surface area contributed by atoms with Gasteiger partial charge in [-0.1, -0.05) is 19.9 Å². The van der Waals surface area contributed by atoms with Crippen LogP contribution in [-0.4, -0.2) is 29.8 Å². The van der Waals surface area contributed by atoms with Gasteiger partial charge in [0.2, 0.25) is 0 Å². The summed E-state index contributed by atoms with van der Waals surface area (Å²) in [6.45, 7) is 6.43. The molecule has 1 aliphatic carbocycles. The number of ether oxygens (including phenoxy) is 1. The van der Waals surface area contributed by atoms with Gasteiger partial charge in [-0.3, -0.25) is 4.79 Å². The second-order valence-corrected chi connectivity index (χ2v) is 6.53. The number of aliphatic hydroxyl groups excluding tert-OH is 1. The molecule has 0 atom stereocenters. The fraction of sp³-hybridized carbons (Fsp3) is 0.611. The molecule has 122 valence electrons. The minimum absolute atomic E-state index is 0.0412. The van der Waals surface area contributed by atoms with Crippen molar-refractivity contribution in [1.82, 2.24) is 5.32 Å². The summed E-state index contributed by atoms with van der Waals surface area (Å²) in [5.74, 6) is 1.13. The highest BCUT2D eigenvalue weighted by Gasteiger charge is 2.20. The lowest BCUT2D eigenvalue weighted by molar-refractivity contribution is -0.124. The van der Waals surface area contributed by atoms with Gasteiger partial charge in [0.1, 0.15) is 5.75 Å². The Hall–Kier alpha value is -1.55. The van der Waals surface area contributed by atoms with E-state index < -0.39 is 0 Å². The molecule has 0 saturated heterocycles. The molecule has 2 N–H and O–H groups in total. The van der Waals surface area contributed by atoms with E-state index in [-0.39, 0.29) is 24.7 Å². The van der Waals surface area contributed by atoms with E-state index in [4.69, 9.17) is 4.74 Å². The van der Waals surface area contributed by atoms with Crippen LogP contribution in [0.3, 0.4) is 0 Å². The number of nitrogens with one attached hydrogen (secondary N) is 1. The van der Waals surface area contributed by atoms with Crippen LogP contribution in [0.4, 0.5) is 0 Å². The Morgan fingerprint density at radius 3 is 2.59 bits per heavy atom. The monoisotopic (exact) mass is 305 g/mol. The molecule has 0 heterocycles. The Morgan fingerprint density at radius 2 is 2.00 bits per heavy atom. The molecule has 1 aromatic rings. The zero-order valence-electron chi connectivity index (χ0n) is 13.8. The smallest absolute Gasteiger partial charge is 0.258 e. The summed E-state index contributed by atoms with van der Waals surface area (Å²) in [5.41, 5.74) is 2.49. The summed E-state index contributed by atoms with van der Waals surface area (Å²) in [7, 11) is 0. The average molecular weight is 305 g/mol. The predicted molar refractivity (Wildman–Crippen MR) is 87.2 cm³/mol. The molecule has 1 aromatic carbocycles. The Kier molecular flexibility index (Phi) is 5.83. The zero-order valence-corrected chi connectivity index (χ0v) is 13.8. The SMILES string of the molecule is Cc1cc(OCC(=O)NC2CCC(O)CC2)ccc1C(C)C. The maximum atomic E-state index is 11.9. The highest BCUT2D eigenvalue weighted by atomic mass is 16.5. The first kappa shape index (κ1) is 16.8. The fourth-order valence-electron chi connectivity index (χ4n) is 3.02. The van der Waals surface area contributed by atoms with Gasteiger partial charge in [-0.05, 0) is 61.8 Å². The summed E-state index contributed by atoms with van der Waals surface area (Å²) in [5, 5.41) is 12.4. The summed E-state index contributed by atoms with van der Waals surface area (Å²) in [6, 6.07) is 6.15. The van der Waals surface area contributed by atoms with Gasteiger partial charge in [0, 0.05) is 6.04 Å². The number of hydrogen-bond acceptors (Lipinski definition) is 3. The summed E-state index contributed by atoms with van der Waals surface area (Å²) in [4.78, 5) is 11.9. The standard InChI is InChI=1S/C18H27NO3/c1-12(2)17-9-8-16(10-13(17)3)22-11-18(21)19-14-4-6-15(20)7-5-14/h8-10,12,14-15,20H,4-7,11H2,1-3H3,(H,19,21). The first-order chi connectivity index (χ1) is 10.5. The maximum Gasteiger partial charge on any atom is 0.258 e. The van der Waals surface area contributed by atoms with E-state index in [9.17, 15) is 9.90 Å². The molecule has 0 aromatic heterocycles. The lowest BCUT2D eigenvalue weighted by Gasteiger charge is -2.26. The van der Waals surface area contributed by atoms with E-state index >= 15 is 0 Å². The largest absolute Gasteiger partial charge is 0.484 e. The van der Waals surface area contributed by atoms with Crippen molar-refractivity contribution in [2.24, 2.45) is 0 Å². The molecular weight excluding hydrogens is 278 g/mol. The van der Waals surface area contributed by atoms with Crippen molar-refractivity contribution in [3.63, 3.8) is 0 Å². The third-order valence-corrected chi connectivity index (χ3v) is 4.30. The van der Waals surface area contributed by atoms with Gasteiger partial charge < -0.3 is 15.2 Å². The molecule has 2 rings (SSSR count). The van der Waals surface area contributed by atoms with Gasteiger partial charge in [0.15, 0.2) is 6.61 Å². The van der Waals surface area contributed by atoms with Crippen molar-refractivity contribution >= 4 is 5.91 Å². The third-order valence-electron chi connectivity index (χ3n) is 4.30. The zero-order chi connectivity index (χ0) is 16.1. The number of hydrogen-bond donors (Lipinski definition) is 2. The van der Waals surface area contributed by atoms with Crippen molar-refractivity contribution in [1.29, 1.82) is 0 Å². The molecule has 0 bridgehead atoms. The number of amides is 1. The van der Waals surface area contributed by atoms with E-state index in [2.05, 4.69) is 32.2 Å². The number of aliphatic hydroxyl groups is 1. The number of benzene rings is 1. The van der Waals surface area contributed by atoms with Gasteiger partial charge in [-0.2, -0.15) is 0 Å². The quantitative estimate of drug-likeness (QED) is 0.879. The molecule has 1 amide bonds. The topological polar surface area (TPSA) is 58.6 Å². The van der Waals surface area contributed by atoms with Crippen LogP contribution in [-0.2, 0) is 4.79 Å². The third kappa shape index (κ3) is 4.73. The van der Waals surface area contributed by atoms with Crippen molar-refractivity contribution in [3.8, 4) is 5.75 Å². The lowest BCUT2D eigenvalue weighted by Crippen LogP contribution is -2.40. The normalized spacial score (nSPS) is 21.7. The van der Waals surface area contributed by atoms with Gasteiger partial charge in [0.25, 0.3) is 5.91 Å². The molecule has 0 aliphatic heterocycles. The Labute approximate surface area is 132 Å². The minimum Gasteiger partial charge on any atom is -0.484 e. The molecule has 1 saturated carbocycles. The number of carbonyl (C=O) groups excluding carboxylic acids is 1.